The van der Waals surface area contributed by atoms with E-state index in [4.69, 9.17) is 11.6 Å². The maximum atomic E-state index is 6.12. The molecule has 4 aromatic rings. The van der Waals surface area contributed by atoms with Gasteiger partial charge in [0.25, 0.3) is 0 Å². The Morgan fingerprint density at radius 3 is 2.57 bits per heavy atom. The van der Waals surface area contributed by atoms with Crippen LogP contribution in [0.3, 0.4) is 0 Å². The zero-order chi connectivity index (χ0) is 13.5. The van der Waals surface area contributed by atoms with Crippen molar-refractivity contribution in [2.45, 2.75) is 9.79 Å². The zero-order valence-electron chi connectivity index (χ0n) is 11.9. The van der Waals surface area contributed by atoms with Gasteiger partial charge in [-0.15, -0.1) is 81.7 Å². The van der Waals surface area contributed by atoms with E-state index in [2.05, 4.69) is 54.6 Å². The van der Waals surface area contributed by atoms with Crippen molar-refractivity contribution in [1.29, 1.82) is 0 Å². The van der Waals surface area contributed by atoms with Gasteiger partial charge in [0.2, 0.25) is 0 Å². The summed E-state index contributed by atoms with van der Waals surface area (Å²) in [6.45, 7) is 0. The predicted octanol–water partition coefficient (Wildman–Crippen LogP) is 0.241. The van der Waals surface area contributed by atoms with Crippen LogP contribution in [0.5, 0.6) is 0 Å². The standard InChI is InChI=1S/C18H11ClS.2ClH.Zr/c19-14-10-13-5-3-7-17(16(13)11-14)20-18-9-8-12-4-1-2-6-15(12)18;;;/h1-11H;2*1H;/q-2;;;+4/p-2. The van der Waals surface area contributed by atoms with Crippen LogP contribution in [0.15, 0.2) is 76.5 Å². The fraction of sp³-hybridized carbons (Fsp3) is 0. The minimum Gasteiger partial charge on any atom is -1.00 e. The van der Waals surface area contributed by atoms with E-state index in [1.165, 1.54) is 31.3 Å². The van der Waals surface area contributed by atoms with Crippen LogP contribution in [-0.2, 0) is 26.2 Å². The van der Waals surface area contributed by atoms with Crippen molar-refractivity contribution in [2.75, 3.05) is 0 Å². The van der Waals surface area contributed by atoms with Gasteiger partial charge in [0, 0.05) is 0 Å². The molecule has 0 fully saturated rings. The molecular formula is C18H11Cl3SZr. The summed E-state index contributed by atoms with van der Waals surface area (Å²) in [4.78, 5) is 2.55. The van der Waals surface area contributed by atoms with E-state index in [0.29, 0.717) is 0 Å². The fourth-order valence-electron chi connectivity index (χ4n) is 2.59. The molecule has 23 heavy (non-hydrogen) atoms. The molecule has 0 heterocycles. The van der Waals surface area contributed by atoms with Crippen molar-refractivity contribution in [2.24, 2.45) is 0 Å². The largest absolute Gasteiger partial charge is 4.00 e. The quantitative estimate of drug-likeness (QED) is 0.389. The van der Waals surface area contributed by atoms with Crippen molar-refractivity contribution in [1.82, 2.24) is 0 Å². The van der Waals surface area contributed by atoms with E-state index < -0.39 is 0 Å². The van der Waals surface area contributed by atoms with E-state index in [-0.39, 0.29) is 51.0 Å². The van der Waals surface area contributed by atoms with Gasteiger partial charge in [-0.3, -0.25) is 0 Å². The Bertz CT molecular complexity index is 911. The molecule has 0 saturated carbocycles. The second kappa shape index (κ2) is 8.74. The summed E-state index contributed by atoms with van der Waals surface area (Å²) in [7, 11) is 0. The number of fused-ring (bicyclic) bond motifs is 2. The second-order valence-electron chi connectivity index (χ2n) is 4.82. The van der Waals surface area contributed by atoms with Crippen LogP contribution in [0.2, 0.25) is 5.02 Å². The molecule has 4 rings (SSSR count). The molecule has 114 valence electrons. The van der Waals surface area contributed by atoms with Crippen LogP contribution in [-0.4, -0.2) is 0 Å². The fourth-order valence-corrected chi connectivity index (χ4v) is 3.92. The minimum atomic E-state index is 0. The molecule has 0 nitrogen and oxygen atoms in total. The molecule has 0 aromatic heterocycles. The molecule has 0 atom stereocenters. The molecular weight excluding hydrogens is 446 g/mol. The summed E-state index contributed by atoms with van der Waals surface area (Å²) in [6, 6.07) is 23.3. The zero-order valence-corrected chi connectivity index (χ0v) is 17.4. The maximum absolute atomic E-state index is 6.12. The third-order valence-electron chi connectivity index (χ3n) is 3.54. The molecule has 0 N–H and O–H groups in total. The van der Waals surface area contributed by atoms with E-state index in [9.17, 15) is 0 Å². The van der Waals surface area contributed by atoms with Crippen LogP contribution >= 0.6 is 23.4 Å². The number of halogens is 3. The number of benzene rings is 2. The average Bonchev–Trinajstić information content (AvgIpc) is 3.03. The Kier molecular flexibility index (Phi) is 7.91. The van der Waals surface area contributed by atoms with Crippen LogP contribution < -0.4 is 24.8 Å². The van der Waals surface area contributed by atoms with Gasteiger partial charge in [-0.05, 0) is 9.92 Å². The number of rotatable bonds is 2. The molecule has 5 heteroatoms. The normalized spacial score (nSPS) is 9.96. The molecule has 0 bridgehead atoms. The minimum absolute atomic E-state index is 0. The first-order valence-electron chi connectivity index (χ1n) is 6.48. The molecule has 0 aliphatic heterocycles. The Labute approximate surface area is 176 Å². The first-order chi connectivity index (χ1) is 9.81. The monoisotopic (exact) mass is 454 g/mol. The van der Waals surface area contributed by atoms with Crippen molar-refractivity contribution >= 4 is 44.9 Å². The van der Waals surface area contributed by atoms with Gasteiger partial charge < -0.3 is 24.8 Å². The maximum Gasteiger partial charge on any atom is 4.00 e. The van der Waals surface area contributed by atoms with E-state index in [0.717, 1.165) is 5.02 Å². The third-order valence-corrected chi connectivity index (χ3v) is 4.91. The Morgan fingerprint density at radius 1 is 0.957 bits per heavy atom. The first-order valence-corrected chi connectivity index (χ1v) is 7.68. The van der Waals surface area contributed by atoms with E-state index in [1.54, 1.807) is 0 Å². The molecule has 0 spiro atoms. The summed E-state index contributed by atoms with van der Waals surface area (Å²) in [5.74, 6) is 0. The molecule has 0 radical (unpaired) electrons. The van der Waals surface area contributed by atoms with Crippen molar-refractivity contribution < 1.29 is 51.0 Å². The van der Waals surface area contributed by atoms with Crippen LogP contribution in [0.25, 0.3) is 21.5 Å². The predicted molar refractivity (Wildman–Crippen MR) is 88.2 cm³/mol. The Hall–Kier alpha value is -0.237. The van der Waals surface area contributed by atoms with Crippen molar-refractivity contribution in [3.63, 3.8) is 0 Å². The molecule has 0 unspecified atom stereocenters. The molecule has 0 amide bonds. The molecule has 0 saturated heterocycles. The molecule has 4 aromatic carbocycles. The van der Waals surface area contributed by atoms with Gasteiger partial charge in [0.1, 0.15) is 0 Å². The Morgan fingerprint density at radius 2 is 1.74 bits per heavy atom. The SMILES string of the molecule is Clc1cc2c(S[c-]3ccc4ccccc43)cccc2[cH-]1.[Cl-].[Cl-].[Zr+4]. The van der Waals surface area contributed by atoms with E-state index >= 15 is 0 Å². The van der Waals surface area contributed by atoms with Crippen LogP contribution in [0, 0.1) is 0 Å². The summed E-state index contributed by atoms with van der Waals surface area (Å²) in [5, 5.41) is 5.85. The topological polar surface area (TPSA) is 0 Å². The number of hydrogen-bond donors (Lipinski definition) is 0. The Balaban J connectivity index is 0.000000882. The van der Waals surface area contributed by atoms with Crippen molar-refractivity contribution in [3.8, 4) is 0 Å². The summed E-state index contributed by atoms with van der Waals surface area (Å²) >= 11 is 7.93. The summed E-state index contributed by atoms with van der Waals surface area (Å²) in [6.07, 6.45) is 0. The van der Waals surface area contributed by atoms with Crippen molar-refractivity contribution in [3.05, 3.63) is 71.8 Å². The smallest absolute Gasteiger partial charge is 1.00 e. The number of hydrogen-bond acceptors (Lipinski definition) is 1. The van der Waals surface area contributed by atoms with Crippen LogP contribution in [0.1, 0.15) is 0 Å². The molecule has 0 aliphatic carbocycles. The van der Waals surface area contributed by atoms with Gasteiger partial charge >= 0.3 is 26.2 Å². The average molecular weight is 457 g/mol. The van der Waals surface area contributed by atoms with Gasteiger partial charge in [-0.2, -0.15) is 17.8 Å². The summed E-state index contributed by atoms with van der Waals surface area (Å²) in [5.41, 5.74) is 0. The third kappa shape index (κ3) is 4.06. The van der Waals surface area contributed by atoms with E-state index in [1.807, 2.05) is 23.9 Å². The summed E-state index contributed by atoms with van der Waals surface area (Å²) < 4.78 is 0. The second-order valence-corrected chi connectivity index (χ2v) is 6.34. The van der Waals surface area contributed by atoms with Gasteiger partial charge in [-0.1, -0.05) is 17.0 Å². The van der Waals surface area contributed by atoms with Gasteiger partial charge in [0.05, 0.1) is 0 Å². The molecule has 0 aliphatic rings. The van der Waals surface area contributed by atoms with Gasteiger partial charge in [-0.25, -0.2) is 0 Å². The van der Waals surface area contributed by atoms with Gasteiger partial charge in [0.15, 0.2) is 0 Å². The van der Waals surface area contributed by atoms with Crippen LogP contribution in [0.4, 0.5) is 0 Å². The first kappa shape index (κ1) is 20.8.